The lowest BCUT2D eigenvalue weighted by Crippen LogP contribution is -1.84. The van der Waals surface area contributed by atoms with Crippen molar-refractivity contribution in [3.05, 3.63) is 77.9 Å². The third-order valence-electron chi connectivity index (χ3n) is 3.85. The highest BCUT2D eigenvalue weighted by Gasteiger charge is 2.22. The Hall–Kier alpha value is -3.18. The average molecular weight is 364 g/mol. The normalized spacial score (nSPS) is 11.7. The second kappa shape index (κ2) is 6.98. The van der Waals surface area contributed by atoms with E-state index in [1.807, 2.05) is 60.7 Å². The predicted molar refractivity (Wildman–Crippen MR) is 100 cm³/mol. The molecule has 0 saturated heterocycles. The van der Waals surface area contributed by atoms with Crippen LogP contribution < -0.4 is 0 Å². The van der Waals surface area contributed by atoms with E-state index in [1.54, 1.807) is 13.0 Å². The first-order valence-corrected chi connectivity index (χ1v) is 8.38. The van der Waals surface area contributed by atoms with Gasteiger partial charge in [-0.15, -0.1) is 10.2 Å². The lowest BCUT2D eigenvalue weighted by atomic mass is 10.1. The first-order valence-electron chi connectivity index (χ1n) is 8.00. The van der Waals surface area contributed by atoms with Gasteiger partial charge in [0, 0.05) is 5.56 Å². The number of rotatable bonds is 4. The van der Waals surface area contributed by atoms with Crippen LogP contribution in [0, 0.1) is 6.92 Å². The monoisotopic (exact) mass is 363 g/mol. The molecular weight excluding hydrogens is 350 g/mol. The van der Waals surface area contributed by atoms with Crippen LogP contribution in [-0.2, 0) is 0 Å². The summed E-state index contributed by atoms with van der Waals surface area (Å²) >= 11 is 6.34. The van der Waals surface area contributed by atoms with Gasteiger partial charge in [-0.3, -0.25) is 0 Å². The fourth-order valence-electron chi connectivity index (χ4n) is 2.60. The smallest absolute Gasteiger partial charge is 0.259 e. The van der Waals surface area contributed by atoms with E-state index in [-0.39, 0.29) is 5.89 Å². The van der Waals surface area contributed by atoms with Gasteiger partial charge < -0.3 is 8.94 Å². The SMILES string of the molecule is Cc1onc(-c2ccccc2)c1-c1nnc(/C(Cl)=C/c2ccccc2)o1. The van der Waals surface area contributed by atoms with Crippen LogP contribution >= 0.6 is 11.6 Å². The minimum Gasteiger partial charge on any atom is -0.415 e. The van der Waals surface area contributed by atoms with E-state index in [2.05, 4.69) is 15.4 Å². The average Bonchev–Trinajstić information content (AvgIpc) is 3.30. The van der Waals surface area contributed by atoms with E-state index in [9.17, 15) is 0 Å². The van der Waals surface area contributed by atoms with Crippen LogP contribution in [0.2, 0.25) is 0 Å². The molecule has 0 amide bonds. The number of hydrogen-bond acceptors (Lipinski definition) is 5. The molecule has 4 rings (SSSR count). The van der Waals surface area contributed by atoms with Crippen LogP contribution in [0.4, 0.5) is 0 Å². The number of hydrogen-bond donors (Lipinski definition) is 0. The van der Waals surface area contributed by atoms with Gasteiger partial charge >= 0.3 is 0 Å². The molecule has 0 aliphatic heterocycles. The summed E-state index contributed by atoms with van der Waals surface area (Å²) in [6.07, 6.45) is 1.78. The highest BCUT2D eigenvalue weighted by atomic mass is 35.5. The second-order valence-corrected chi connectivity index (χ2v) is 6.05. The third-order valence-corrected chi connectivity index (χ3v) is 4.12. The highest BCUT2D eigenvalue weighted by Crippen LogP contribution is 2.34. The first-order chi connectivity index (χ1) is 12.7. The molecule has 2 aromatic carbocycles. The van der Waals surface area contributed by atoms with Crippen molar-refractivity contribution in [1.82, 2.24) is 15.4 Å². The zero-order valence-electron chi connectivity index (χ0n) is 13.9. The van der Waals surface area contributed by atoms with Crippen LogP contribution in [-0.4, -0.2) is 15.4 Å². The summed E-state index contributed by atoms with van der Waals surface area (Å²) in [5, 5.41) is 12.7. The number of halogens is 1. The van der Waals surface area contributed by atoms with E-state index in [4.69, 9.17) is 20.5 Å². The molecule has 2 heterocycles. The molecule has 0 N–H and O–H groups in total. The fourth-order valence-corrected chi connectivity index (χ4v) is 2.80. The summed E-state index contributed by atoms with van der Waals surface area (Å²) < 4.78 is 11.1. The summed E-state index contributed by atoms with van der Waals surface area (Å²) in [7, 11) is 0. The van der Waals surface area contributed by atoms with Crippen molar-refractivity contribution in [1.29, 1.82) is 0 Å². The molecule has 0 unspecified atom stereocenters. The fraction of sp³-hybridized carbons (Fsp3) is 0.0500. The molecule has 0 radical (unpaired) electrons. The molecule has 0 saturated carbocycles. The molecule has 0 atom stereocenters. The summed E-state index contributed by atoms with van der Waals surface area (Å²) in [5.41, 5.74) is 3.17. The predicted octanol–water partition coefficient (Wildman–Crippen LogP) is 5.44. The minimum absolute atomic E-state index is 0.241. The maximum atomic E-state index is 6.34. The molecule has 4 aromatic rings. The van der Waals surface area contributed by atoms with E-state index < -0.39 is 0 Å². The Bertz CT molecular complexity index is 1050. The Balaban J connectivity index is 1.72. The van der Waals surface area contributed by atoms with Gasteiger partial charge in [-0.1, -0.05) is 77.4 Å². The van der Waals surface area contributed by atoms with Crippen LogP contribution in [0.3, 0.4) is 0 Å². The lowest BCUT2D eigenvalue weighted by Gasteiger charge is -1.98. The molecule has 6 heteroatoms. The molecular formula is C20H14ClN3O2. The number of benzene rings is 2. The zero-order chi connectivity index (χ0) is 17.9. The maximum absolute atomic E-state index is 6.34. The molecule has 26 heavy (non-hydrogen) atoms. The van der Waals surface area contributed by atoms with Gasteiger partial charge in [-0.2, -0.15) is 0 Å². The van der Waals surface area contributed by atoms with E-state index >= 15 is 0 Å². The van der Waals surface area contributed by atoms with Gasteiger partial charge in [0.25, 0.3) is 11.8 Å². The van der Waals surface area contributed by atoms with Gasteiger partial charge in [0.1, 0.15) is 22.0 Å². The van der Waals surface area contributed by atoms with Crippen molar-refractivity contribution in [2.24, 2.45) is 0 Å². The second-order valence-electron chi connectivity index (χ2n) is 5.64. The lowest BCUT2D eigenvalue weighted by molar-refractivity contribution is 0.399. The van der Waals surface area contributed by atoms with Crippen LogP contribution in [0.1, 0.15) is 17.2 Å². The van der Waals surface area contributed by atoms with E-state index in [0.29, 0.717) is 27.9 Å². The van der Waals surface area contributed by atoms with Crippen molar-refractivity contribution in [2.45, 2.75) is 6.92 Å². The molecule has 128 valence electrons. The largest absolute Gasteiger partial charge is 0.415 e. The first kappa shape index (κ1) is 16.3. The van der Waals surface area contributed by atoms with Crippen LogP contribution in [0.25, 0.3) is 33.8 Å². The Labute approximate surface area is 154 Å². The van der Waals surface area contributed by atoms with Gasteiger partial charge in [-0.25, -0.2) is 0 Å². The van der Waals surface area contributed by atoms with Gasteiger partial charge in [-0.05, 0) is 18.6 Å². The number of aryl methyl sites for hydroxylation is 1. The third kappa shape index (κ3) is 3.17. The quantitative estimate of drug-likeness (QED) is 0.483. The van der Waals surface area contributed by atoms with Gasteiger partial charge in [0.15, 0.2) is 0 Å². The van der Waals surface area contributed by atoms with Gasteiger partial charge in [0.05, 0.1) is 0 Å². The molecule has 0 fully saturated rings. The van der Waals surface area contributed by atoms with Crippen LogP contribution in [0.15, 0.2) is 69.6 Å². The Morgan fingerprint density at radius 1 is 0.962 bits per heavy atom. The maximum Gasteiger partial charge on any atom is 0.259 e. The summed E-state index contributed by atoms with van der Waals surface area (Å²) in [6, 6.07) is 19.4. The molecule has 0 spiro atoms. The summed E-state index contributed by atoms with van der Waals surface area (Å²) in [5.74, 6) is 1.16. The van der Waals surface area contributed by atoms with Crippen molar-refractivity contribution >= 4 is 22.7 Å². The molecule has 0 aliphatic carbocycles. The van der Waals surface area contributed by atoms with Crippen molar-refractivity contribution in [3.8, 4) is 22.7 Å². The molecule has 2 aromatic heterocycles. The molecule has 0 bridgehead atoms. The van der Waals surface area contributed by atoms with E-state index in [0.717, 1.165) is 11.1 Å². The minimum atomic E-state index is 0.241. The Morgan fingerprint density at radius 3 is 2.38 bits per heavy atom. The molecule has 5 nitrogen and oxygen atoms in total. The van der Waals surface area contributed by atoms with Gasteiger partial charge in [0.2, 0.25) is 0 Å². The van der Waals surface area contributed by atoms with Crippen molar-refractivity contribution in [3.63, 3.8) is 0 Å². The van der Waals surface area contributed by atoms with Crippen molar-refractivity contribution in [2.75, 3.05) is 0 Å². The topological polar surface area (TPSA) is 65.0 Å². The Morgan fingerprint density at radius 2 is 1.65 bits per heavy atom. The van der Waals surface area contributed by atoms with E-state index in [1.165, 1.54) is 0 Å². The highest BCUT2D eigenvalue weighted by molar-refractivity contribution is 6.50. The number of aromatic nitrogens is 3. The zero-order valence-corrected chi connectivity index (χ0v) is 14.6. The summed E-state index contributed by atoms with van der Waals surface area (Å²) in [6.45, 7) is 1.81. The standard InChI is InChI=1S/C20H14ClN3O2/c1-13-17(18(24-26-13)15-10-6-3-7-11-15)20-23-22-19(25-20)16(21)12-14-8-4-2-5-9-14/h2-12H,1H3/b16-12-. The number of nitrogens with zero attached hydrogens (tertiary/aromatic N) is 3. The van der Waals surface area contributed by atoms with Crippen LogP contribution in [0.5, 0.6) is 0 Å². The molecule has 0 aliphatic rings. The Kier molecular flexibility index (Phi) is 4.37. The summed E-state index contributed by atoms with van der Waals surface area (Å²) in [4.78, 5) is 0. The van der Waals surface area contributed by atoms with Crippen molar-refractivity contribution < 1.29 is 8.94 Å².